The lowest BCUT2D eigenvalue weighted by atomic mass is 10.1. The Bertz CT molecular complexity index is 819. The van der Waals surface area contributed by atoms with Gasteiger partial charge < -0.3 is 15.4 Å². The molecule has 0 spiro atoms. The Morgan fingerprint density at radius 1 is 1.21 bits per heavy atom. The second-order valence-corrected chi connectivity index (χ2v) is 9.30. The van der Waals surface area contributed by atoms with Gasteiger partial charge in [0.25, 0.3) is 5.91 Å². The molecule has 0 unspecified atom stereocenters. The van der Waals surface area contributed by atoms with Crippen LogP contribution in [0, 0.1) is 0 Å². The fraction of sp³-hybridized carbons (Fsp3) is 0.579. The van der Waals surface area contributed by atoms with Crippen molar-refractivity contribution in [3.8, 4) is 5.75 Å². The van der Waals surface area contributed by atoms with Crippen LogP contribution in [0.25, 0.3) is 0 Å². The maximum Gasteiger partial charge on any atom is 0.252 e. The van der Waals surface area contributed by atoms with Crippen LogP contribution in [-0.4, -0.2) is 62.6 Å². The van der Waals surface area contributed by atoms with Gasteiger partial charge in [-0.25, -0.2) is 12.7 Å². The van der Waals surface area contributed by atoms with Gasteiger partial charge in [0.1, 0.15) is 17.9 Å². The van der Waals surface area contributed by atoms with E-state index in [4.69, 9.17) is 4.74 Å². The highest BCUT2D eigenvalue weighted by atomic mass is 32.2. The van der Waals surface area contributed by atoms with Crippen LogP contribution in [0.5, 0.6) is 5.75 Å². The maximum atomic E-state index is 12.5. The van der Waals surface area contributed by atoms with Crippen molar-refractivity contribution < 1.29 is 22.7 Å². The molecule has 9 heteroatoms. The fourth-order valence-corrected chi connectivity index (χ4v) is 4.38. The van der Waals surface area contributed by atoms with Gasteiger partial charge in [0.2, 0.25) is 15.9 Å². The summed E-state index contributed by atoms with van der Waals surface area (Å²) in [6.45, 7) is 1.51. The van der Waals surface area contributed by atoms with Crippen molar-refractivity contribution in [3.63, 3.8) is 0 Å². The van der Waals surface area contributed by atoms with E-state index in [0.717, 1.165) is 12.8 Å². The van der Waals surface area contributed by atoms with Gasteiger partial charge in [-0.3, -0.25) is 9.59 Å². The van der Waals surface area contributed by atoms with Crippen molar-refractivity contribution in [1.29, 1.82) is 0 Å². The summed E-state index contributed by atoms with van der Waals surface area (Å²) in [7, 11) is -3.17. The second kappa shape index (κ2) is 8.91. The molecule has 0 bridgehead atoms. The molecule has 3 rings (SSSR count). The quantitative estimate of drug-likeness (QED) is 0.751. The summed E-state index contributed by atoms with van der Waals surface area (Å²) in [5, 5.41) is 5.60. The summed E-state index contributed by atoms with van der Waals surface area (Å²) in [5.41, 5.74) is 0.433. The highest BCUT2D eigenvalue weighted by Crippen LogP contribution is 2.21. The fourth-order valence-electron chi connectivity index (χ4n) is 3.50. The molecule has 1 atom stereocenters. The molecular weight excluding hydrogens is 382 g/mol. The average molecular weight is 410 g/mol. The number of piperidine rings is 1. The monoisotopic (exact) mass is 409 g/mol. The van der Waals surface area contributed by atoms with Crippen LogP contribution in [0.4, 0.5) is 0 Å². The van der Waals surface area contributed by atoms with E-state index >= 15 is 0 Å². The Labute approximate surface area is 165 Å². The Hall–Kier alpha value is -2.13. The third kappa shape index (κ3) is 5.45. The molecule has 2 aliphatic heterocycles. The van der Waals surface area contributed by atoms with Gasteiger partial charge in [-0.1, -0.05) is 6.07 Å². The molecule has 8 nitrogen and oxygen atoms in total. The van der Waals surface area contributed by atoms with Crippen molar-refractivity contribution in [2.45, 2.75) is 44.2 Å². The normalized spacial score (nSPS) is 22.2. The Kier molecular flexibility index (Phi) is 6.56. The molecule has 0 aromatic heterocycles. The molecule has 2 fully saturated rings. The van der Waals surface area contributed by atoms with E-state index in [-0.39, 0.29) is 17.9 Å². The van der Waals surface area contributed by atoms with Crippen LogP contribution >= 0.6 is 0 Å². The second-order valence-electron chi connectivity index (χ2n) is 7.32. The van der Waals surface area contributed by atoms with Gasteiger partial charge in [0.05, 0.1) is 6.26 Å². The van der Waals surface area contributed by atoms with Crippen LogP contribution in [-0.2, 0) is 14.8 Å². The van der Waals surface area contributed by atoms with Crippen molar-refractivity contribution in [3.05, 3.63) is 29.8 Å². The molecular formula is C19H27N3O5S. The van der Waals surface area contributed by atoms with Gasteiger partial charge >= 0.3 is 0 Å². The maximum absolute atomic E-state index is 12.5. The van der Waals surface area contributed by atoms with Crippen LogP contribution < -0.4 is 15.4 Å². The molecule has 2 amide bonds. The lowest BCUT2D eigenvalue weighted by Crippen LogP contribution is -2.45. The smallest absolute Gasteiger partial charge is 0.252 e. The van der Waals surface area contributed by atoms with E-state index < -0.39 is 16.1 Å². The largest absolute Gasteiger partial charge is 0.490 e. The minimum atomic E-state index is -3.17. The summed E-state index contributed by atoms with van der Waals surface area (Å²) in [6, 6.07) is 6.34. The zero-order valence-electron chi connectivity index (χ0n) is 16.0. The number of nitrogens with zero attached hydrogens (tertiary/aromatic N) is 1. The van der Waals surface area contributed by atoms with Crippen LogP contribution in [0.3, 0.4) is 0 Å². The van der Waals surface area contributed by atoms with Gasteiger partial charge in [-0.2, -0.15) is 0 Å². The highest BCUT2D eigenvalue weighted by molar-refractivity contribution is 7.88. The number of hydrogen-bond acceptors (Lipinski definition) is 5. The van der Waals surface area contributed by atoms with E-state index in [1.165, 1.54) is 10.6 Å². The number of sulfonamides is 1. The molecule has 1 aromatic carbocycles. The molecule has 0 radical (unpaired) electrons. The van der Waals surface area contributed by atoms with Crippen molar-refractivity contribution in [2.75, 3.05) is 25.9 Å². The number of carbonyl (C=O) groups is 2. The molecule has 0 aliphatic carbocycles. The van der Waals surface area contributed by atoms with Gasteiger partial charge in [0, 0.05) is 25.2 Å². The number of amides is 2. The van der Waals surface area contributed by atoms with Crippen molar-refractivity contribution in [1.82, 2.24) is 14.9 Å². The first-order valence-electron chi connectivity index (χ1n) is 9.63. The summed E-state index contributed by atoms with van der Waals surface area (Å²) >= 11 is 0. The molecule has 154 valence electrons. The molecule has 1 aromatic rings. The van der Waals surface area contributed by atoms with Crippen LogP contribution in [0.1, 0.15) is 42.5 Å². The molecule has 2 aliphatic rings. The molecule has 0 saturated carbocycles. The van der Waals surface area contributed by atoms with Crippen molar-refractivity contribution >= 4 is 21.8 Å². The first-order valence-corrected chi connectivity index (χ1v) is 11.5. The highest BCUT2D eigenvalue weighted by Gasteiger charge is 2.26. The number of rotatable bonds is 5. The predicted molar refractivity (Wildman–Crippen MR) is 105 cm³/mol. The summed E-state index contributed by atoms with van der Waals surface area (Å²) in [5.74, 6) is 0.117. The SMILES string of the molecule is CS(=O)(=O)N1CCC(Oc2cccc(C(=O)N[C@H]3CCCCNC3=O)c2)CC1. The Morgan fingerprint density at radius 3 is 2.68 bits per heavy atom. The number of carbonyl (C=O) groups excluding carboxylic acids is 2. The van der Waals surface area contributed by atoms with Crippen LogP contribution in [0.2, 0.25) is 0 Å². The van der Waals surface area contributed by atoms with E-state index in [1.54, 1.807) is 24.3 Å². The summed E-state index contributed by atoms with van der Waals surface area (Å²) < 4.78 is 30.6. The first-order chi connectivity index (χ1) is 13.3. The minimum Gasteiger partial charge on any atom is -0.490 e. The van der Waals surface area contributed by atoms with Gasteiger partial charge in [-0.05, 0) is 50.3 Å². The number of hydrogen-bond donors (Lipinski definition) is 2. The Morgan fingerprint density at radius 2 is 1.96 bits per heavy atom. The number of nitrogens with one attached hydrogen (secondary N) is 2. The molecule has 2 saturated heterocycles. The average Bonchev–Trinajstić information content (AvgIpc) is 2.86. The van der Waals surface area contributed by atoms with Gasteiger partial charge in [-0.15, -0.1) is 0 Å². The van der Waals surface area contributed by atoms with E-state index in [0.29, 0.717) is 50.2 Å². The topological polar surface area (TPSA) is 105 Å². The third-order valence-corrected chi connectivity index (χ3v) is 6.41. The standard InChI is InChI=1S/C19H27N3O5S/c1-28(25,26)22-11-8-15(9-12-22)27-16-6-4-5-14(13-16)18(23)21-17-7-2-3-10-20-19(17)24/h4-6,13,15,17H,2-3,7-12H2,1H3,(H,20,24)(H,21,23)/t17-/m0/s1. The zero-order valence-corrected chi connectivity index (χ0v) is 16.8. The molecule has 28 heavy (non-hydrogen) atoms. The molecule has 2 heterocycles. The van der Waals surface area contributed by atoms with E-state index in [1.807, 2.05) is 0 Å². The van der Waals surface area contributed by atoms with E-state index in [9.17, 15) is 18.0 Å². The lowest BCUT2D eigenvalue weighted by molar-refractivity contribution is -0.122. The zero-order chi connectivity index (χ0) is 20.1. The van der Waals surface area contributed by atoms with E-state index in [2.05, 4.69) is 10.6 Å². The molecule has 2 N–H and O–H groups in total. The lowest BCUT2D eigenvalue weighted by Gasteiger charge is -2.30. The summed E-state index contributed by atoms with van der Waals surface area (Å²) in [4.78, 5) is 24.6. The minimum absolute atomic E-state index is 0.0936. The van der Waals surface area contributed by atoms with Crippen molar-refractivity contribution in [2.24, 2.45) is 0 Å². The van der Waals surface area contributed by atoms with Crippen LogP contribution in [0.15, 0.2) is 24.3 Å². The summed E-state index contributed by atoms with van der Waals surface area (Å²) in [6.07, 6.45) is 4.76. The Balaban J connectivity index is 1.58. The van der Waals surface area contributed by atoms with Gasteiger partial charge in [0.15, 0.2) is 0 Å². The first kappa shape index (κ1) is 20.6. The third-order valence-electron chi connectivity index (χ3n) is 5.11. The number of benzene rings is 1. The predicted octanol–water partition coefficient (Wildman–Crippen LogP) is 0.888. The number of ether oxygens (including phenoxy) is 1.